The summed E-state index contributed by atoms with van der Waals surface area (Å²) in [7, 11) is 0. The van der Waals surface area contributed by atoms with Gasteiger partial charge in [-0.2, -0.15) is 5.26 Å². The van der Waals surface area contributed by atoms with E-state index in [4.69, 9.17) is 22.7 Å². The van der Waals surface area contributed by atoms with Crippen LogP contribution in [0.2, 0.25) is 5.02 Å². The summed E-state index contributed by atoms with van der Waals surface area (Å²) in [4.78, 5) is 15.9. The number of nitrogens with zero attached hydrogens (tertiary/aromatic N) is 2. The Hall–Kier alpha value is -2.62. The zero-order valence-corrected chi connectivity index (χ0v) is 11.0. The van der Waals surface area contributed by atoms with Crippen LogP contribution in [0.15, 0.2) is 36.5 Å². The second-order valence-electron chi connectivity index (χ2n) is 3.84. The van der Waals surface area contributed by atoms with E-state index >= 15 is 0 Å². The quantitative estimate of drug-likeness (QED) is 0.593. The van der Waals surface area contributed by atoms with Gasteiger partial charge in [-0.15, -0.1) is 0 Å². The van der Waals surface area contributed by atoms with E-state index in [1.54, 1.807) is 12.1 Å². The lowest BCUT2D eigenvalue weighted by molar-refractivity contribution is 0.102. The normalized spacial score (nSPS) is 9.65. The molecule has 20 heavy (non-hydrogen) atoms. The highest BCUT2D eigenvalue weighted by molar-refractivity contribution is 6.32. The zero-order chi connectivity index (χ0) is 14.5. The highest BCUT2D eigenvalue weighted by atomic mass is 35.5. The van der Waals surface area contributed by atoms with Gasteiger partial charge in [-0.3, -0.25) is 10.6 Å². The molecule has 0 fully saturated rings. The van der Waals surface area contributed by atoms with Gasteiger partial charge in [-0.25, -0.2) is 4.98 Å². The lowest BCUT2D eigenvalue weighted by Crippen LogP contribution is -2.14. The SMILES string of the molecule is N#Cc1ccc(NC(=O)c2ccc(NN)cn2)cc1Cl. The number of nitrogens with two attached hydrogens (primary N) is 1. The van der Waals surface area contributed by atoms with E-state index in [0.717, 1.165) is 0 Å². The fourth-order valence-electron chi connectivity index (χ4n) is 1.49. The van der Waals surface area contributed by atoms with Gasteiger partial charge in [-0.05, 0) is 30.3 Å². The van der Waals surface area contributed by atoms with Crippen LogP contribution < -0.4 is 16.6 Å². The second-order valence-corrected chi connectivity index (χ2v) is 4.24. The van der Waals surface area contributed by atoms with Crippen molar-refractivity contribution in [2.45, 2.75) is 0 Å². The number of anilines is 2. The minimum absolute atomic E-state index is 0.240. The van der Waals surface area contributed by atoms with Crippen molar-refractivity contribution in [1.29, 1.82) is 5.26 Å². The molecule has 7 heteroatoms. The Morgan fingerprint density at radius 1 is 1.30 bits per heavy atom. The van der Waals surface area contributed by atoms with E-state index in [-0.39, 0.29) is 16.6 Å². The van der Waals surface area contributed by atoms with E-state index < -0.39 is 0 Å². The van der Waals surface area contributed by atoms with Crippen molar-refractivity contribution in [3.63, 3.8) is 0 Å². The van der Waals surface area contributed by atoms with E-state index in [1.165, 1.54) is 24.4 Å². The van der Waals surface area contributed by atoms with Gasteiger partial charge in [0.1, 0.15) is 11.8 Å². The molecule has 0 aliphatic carbocycles. The van der Waals surface area contributed by atoms with Crippen molar-refractivity contribution in [2.24, 2.45) is 5.84 Å². The number of nitriles is 1. The van der Waals surface area contributed by atoms with Gasteiger partial charge >= 0.3 is 0 Å². The molecular weight excluding hydrogens is 278 g/mol. The molecule has 0 radical (unpaired) electrons. The third kappa shape index (κ3) is 3.03. The summed E-state index contributed by atoms with van der Waals surface area (Å²) in [6.07, 6.45) is 1.45. The Kier molecular flexibility index (Phi) is 4.15. The number of hydrogen-bond acceptors (Lipinski definition) is 5. The summed E-state index contributed by atoms with van der Waals surface area (Å²) in [5.41, 5.74) is 4.10. The molecule has 0 aliphatic heterocycles. The first-order chi connectivity index (χ1) is 9.63. The lowest BCUT2D eigenvalue weighted by Gasteiger charge is -2.06. The Morgan fingerprint density at radius 2 is 2.05 bits per heavy atom. The summed E-state index contributed by atoms with van der Waals surface area (Å²) >= 11 is 5.89. The Labute approximate surface area is 120 Å². The molecule has 6 nitrogen and oxygen atoms in total. The molecule has 0 bridgehead atoms. The maximum Gasteiger partial charge on any atom is 0.274 e. The molecule has 0 spiro atoms. The number of hydrazine groups is 1. The molecule has 1 heterocycles. The molecule has 0 saturated carbocycles. The number of rotatable bonds is 3. The topological polar surface area (TPSA) is 104 Å². The first-order valence-corrected chi connectivity index (χ1v) is 5.95. The number of amides is 1. The second kappa shape index (κ2) is 6.02. The van der Waals surface area contributed by atoms with Gasteiger partial charge in [0, 0.05) is 5.69 Å². The van der Waals surface area contributed by atoms with E-state index in [9.17, 15) is 4.79 Å². The van der Waals surface area contributed by atoms with E-state index in [1.807, 2.05) is 6.07 Å². The first kappa shape index (κ1) is 13.8. The maximum atomic E-state index is 11.9. The molecular formula is C13H10ClN5O. The number of pyridine rings is 1. The van der Waals surface area contributed by atoms with Crippen molar-refractivity contribution < 1.29 is 4.79 Å². The number of carbonyl (C=O) groups excluding carboxylic acids is 1. The molecule has 1 amide bonds. The standard InChI is InChI=1S/C13H10ClN5O/c14-11-5-9(2-1-8(11)6-15)18-13(20)12-4-3-10(19-16)7-17-12/h1-5,7,19H,16H2,(H,18,20). The van der Waals surface area contributed by atoms with Gasteiger partial charge in [0.15, 0.2) is 0 Å². The maximum absolute atomic E-state index is 11.9. The summed E-state index contributed by atoms with van der Waals surface area (Å²) in [6, 6.07) is 9.75. The van der Waals surface area contributed by atoms with Gasteiger partial charge in [0.05, 0.1) is 22.5 Å². The van der Waals surface area contributed by atoms with Crippen LogP contribution in [-0.4, -0.2) is 10.9 Å². The van der Waals surface area contributed by atoms with Crippen LogP contribution in [0.5, 0.6) is 0 Å². The number of carbonyl (C=O) groups is 1. The predicted molar refractivity (Wildman–Crippen MR) is 76.2 cm³/mol. The Morgan fingerprint density at radius 3 is 2.60 bits per heavy atom. The molecule has 2 rings (SSSR count). The number of benzene rings is 1. The molecule has 2 aromatic rings. The number of hydrogen-bond donors (Lipinski definition) is 3. The van der Waals surface area contributed by atoms with Crippen molar-refractivity contribution in [2.75, 3.05) is 10.7 Å². The lowest BCUT2D eigenvalue weighted by atomic mass is 10.2. The number of aromatic nitrogens is 1. The number of nitrogen functional groups attached to an aromatic ring is 1. The van der Waals surface area contributed by atoms with Crippen molar-refractivity contribution >= 4 is 28.9 Å². The Balaban J connectivity index is 2.15. The average Bonchev–Trinajstić information content (AvgIpc) is 2.47. The molecule has 100 valence electrons. The van der Waals surface area contributed by atoms with Gasteiger partial charge in [0.2, 0.25) is 0 Å². The van der Waals surface area contributed by atoms with E-state index in [2.05, 4.69) is 15.7 Å². The van der Waals surface area contributed by atoms with Crippen LogP contribution in [0.4, 0.5) is 11.4 Å². The molecule has 0 atom stereocenters. The van der Waals surface area contributed by atoms with Crippen molar-refractivity contribution in [3.8, 4) is 6.07 Å². The number of halogens is 1. The third-order valence-electron chi connectivity index (χ3n) is 2.51. The third-order valence-corrected chi connectivity index (χ3v) is 2.82. The van der Waals surface area contributed by atoms with Gasteiger partial charge < -0.3 is 10.7 Å². The smallest absolute Gasteiger partial charge is 0.274 e. The van der Waals surface area contributed by atoms with Crippen molar-refractivity contribution in [1.82, 2.24) is 4.98 Å². The predicted octanol–water partition coefficient (Wildman–Crippen LogP) is 2.14. The summed E-state index contributed by atoms with van der Waals surface area (Å²) in [6.45, 7) is 0. The van der Waals surface area contributed by atoms with Crippen molar-refractivity contribution in [3.05, 3.63) is 52.8 Å². The van der Waals surface area contributed by atoms with Gasteiger partial charge in [-0.1, -0.05) is 11.6 Å². The summed E-state index contributed by atoms with van der Waals surface area (Å²) < 4.78 is 0. The van der Waals surface area contributed by atoms with E-state index in [0.29, 0.717) is 16.9 Å². The number of nitrogens with one attached hydrogen (secondary N) is 2. The summed E-state index contributed by atoms with van der Waals surface area (Å²) in [5.74, 6) is 4.83. The highest BCUT2D eigenvalue weighted by Gasteiger charge is 2.09. The monoisotopic (exact) mass is 287 g/mol. The largest absolute Gasteiger partial charge is 0.323 e. The van der Waals surface area contributed by atoms with Crippen LogP contribution >= 0.6 is 11.6 Å². The Bertz CT molecular complexity index is 678. The fraction of sp³-hybridized carbons (Fsp3) is 0. The molecule has 0 unspecified atom stereocenters. The first-order valence-electron chi connectivity index (χ1n) is 5.57. The molecule has 4 N–H and O–H groups in total. The average molecular weight is 288 g/mol. The minimum Gasteiger partial charge on any atom is -0.323 e. The highest BCUT2D eigenvalue weighted by Crippen LogP contribution is 2.20. The van der Waals surface area contributed by atoms with Crippen LogP contribution in [0.3, 0.4) is 0 Å². The van der Waals surface area contributed by atoms with Crippen LogP contribution in [0.1, 0.15) is 16.1 Å². The minimum atomic E-state index is -0.380. The van der Waals surface area contributed by atoms with Crippen LogP contribution in [-0.2, 0) is 0 Å². The fourth-order valence-corrected chi connectivity index (χ4v) is 1.72. The van der Waals surface area contributed by atoms with Crippen LogP contribution in [0.25, 0.3) is 0 Å². The van der Waals surface area contributed by atoms with Gasteiger partial charge in [0.25, 0.3) is 5.91 Å². The molecule has 1 aromatic carbocycles. The molecule has 0 saturated heterocycles. The zero-order valence-electron chi connectivity index (χ0n) is 10.2. The summed E-state index contributed by atoms with van der Waals surface area (Å²) in [5, 5.41) is 11.7. The van der Waals surface area contributed by atoms with Crippen LogP contribution in [0, 0.1) is 11.3 Å². The molecule has 1 aromatic heterocycles. The molecule has 0 aliphatic rings.